The minimum Gasteiger partial charge on any atom is -0.369 e. The van der Waals surface area contributed by atoms with Crippen molar-refractivity contribution in [3.8, 4) is 22.8 Å². The average molecular weight is 357 g/mol. The summed E-state index contributed by atoms with van der Waals surface area (Å²) >= 11 is 0. The van der Waals surface area contributed by atoms with E-state index in [1.807, 2.05) is 51.2 Å². The molecule has 7 nitrogen and oxygen atoms in total. The fourth-order valence-electron chi connectivity index (χ4n) is 2.58. The van der Waals surface area contributed by atoms with E-state index in [-0.39, 0.29) is 6.17 Å². The van der Waals surface area contributed by atoms with Gasteiger partial charge in [-0.2, -0.15) is 0 Å². The number of aliphatic imine (C=N–C) groups is 1. The van der Waals surface area contributed by atoms with Gasteiger partial charge >= 0.3 is 0 Å². The van der Waals surface area contributed by atoms with Crippen LogP contribution in [-0.2, 0) is 0 Å². The Kier molecular flexibility index (Phi) is 4.42. The van der Waals surface area contributed by atoms with Gasteiger partial charge in [0.15, 0.2) is 17.5 Å². The average Bonchev–Trinajstić information content (AvgIpc) is 2.69. The molecule has 0 saturated heterocycles. The molecular formula is C20H19N7. The van der Waals surface area contributed by atoms with E-state index in [0.717, 1.165) is 16.7 Å². The van der Waals surface area contributed by atoms with Crippen LogP contribution < -0.4 is 5.32 Å². The first-order valence-electron chi connectivity index (χ1n) is 8.70. The maximum absolute atomic E-state index is 4.66. The molecule has 1 aromatic carbocycles. The number of hydrogen-bond acceptors (Lipinski definition) is 7. The first-order valence-corrected chi connectivity index (χ1v) is 8.70. The summed E-state index contributed by atoms with van der Waals surface area (Å²) in [5.41, 5.74) is 3.65. The maximum atomic E-state index is 4.66. The van der Waals surface area contributed by atoms with E-state index in [0.29, 0.717) is 23.3 Å². The largest absolute Gasteiger partial charge is 0.369 e. The number of benzene rings is 1. The summed E-state index contributed by atoms with van der Waals surface area (Å²) in [5.74, 6) is 2.39. The van der Waals surface area contributed by atoms with Gasteiger partial charge in [-0.15, -0.1) is 0 Å². The molecule has 2 aromatic heterocycles. The topological polar surface area (TPSA) is 88.8 Å². The van der Waals surface area contributed by atoms with E-state index in [1.54, 1.807) is 18.6 Å². The molecule has 134 valence electrons. The summed E-state index contributed by atoms with van der Waals surface area (Å²) in [6, 6.07) is 8.09. The van der Waals surface area contributed by atoms with E-state index in [4.69, 9.17) is 0 Å². The van der Waals surface area contributed by atoms with Gasteiger partial charge in [0.05, 0.1) is 11.1 Å². The van der Waals surface area contributed by atoms with Crippen molar-refractivity contribution in [3.05, 3.63) is 60.1 Å². The van der Waals surface area contributed by atoms with Crippen LogP contribution in [0, 0.1) is 13.8 Å². The second kappa shape index (κ2) is 7.03. The lowest BCUT2D eigenvalue weighted by Gasteiger charge is -2.14. The highest BCUT2D eigenvalue weighted by atomic mass is 15.1. The van der Waals surface area contributed by atoms with Crippen molar-refractivity contribution in [1.29, 1.82) is 0 Å². The normalized spacial score (nSPS) is 16.0. The quantitative estimate of drug-likeness (QED) is 0.775. The van der Waals surface area contributed by atoms with Gasteiger partial charge in [0.2, 0.25) is 0 Å². The zero-order valence-corrected chi connectivity index (χ0v) is 15.4. The summed E-state index contributed by atoms with van der Waals surface area (Å²) in [4.78, 5) is 26.8. The number of rotatable bonds is 3. The zero-order chi connectivity index (χ0) is 18.8. The van der Waals surface area contributed by atoms with Crippen LogP contribution in [0.5, 0.6) is 0 Å². The van der Waals surface area contributed by atoms with E-state index < -0.39 is 0 Å². The third-order valence-corrected chi connectivity index (χ3v) is 4.16. The molecule has 1 unspecified atom stereocenters. The van der Waals surface area contributed by atoms with Crippen LogP contribution in [0.3, 0.4) is 0 Å². The van der Waals surface area contributed by atoms with Crippen molar-refractivity contribution in [3.63, 3.8) is 0 Å². The molecule has 3 heterocycles. The molecule has 0 saturated carbocycles. The number of hydrogen-bond donors (Lipinski definition) is 1. The molecule has 7 heteroatoms. The molecule has 1 aliphatic rings. The van der Waals surface area contributed by atoms with Crippen molar-refractivity contribution >= 4 is 11.8 Å². The predicted molar refractivity (Wildman–Crippen MR) is 105 cm³/mol. The summed E-state index contributed by atoms with van der Waals surface area (Å²) in [7, 11) is 0. The number of nitrogens with zero attached hydrogens (tertiary/aromatic N) is 6. The lowest BCUT2D eigenvalue weighted by Crippen LogP contribution is -2.22. The van der Waals surface area contributed by atoms with Crippen molar-refractivity contribution in [2.45, 2.75) is 26.9 Å². The van der Waals surface area contributed by atoms with Crippen molar-refractivity contribution in [2.75, 3.05) is 0 Å². The standard InChI is InChI=1S/C20H19N7/c1-12-4-6-15(7-5-12)18-25-19(16-8-21-13(2)22-9-16)27-20(26-18)17-10-23-14(3)24-11-17/h4-11,13,21H,1-3H3. The molecule has 1 atom stereocenters. The van der Waals surface area contributed by atoms with Crippen molar-refractivity contribution in [2.24, 2.45) is 4.99 Å². The second-order valence-electron chi connectivity index (χ2n) is 6.41. The van der Waals surface area contributed by atoms with Crippen LogP contribution in [-0.4, -0.2) is 37.3 Å². The Morgan fingerprint density at radius 1 is 0.815 bits per heavy atom. The van der Waals surface area contributed by atoms with Crippen LogP contribution in [0.1, 0.15) is 24.1 Å². The van der Waals surface area contributed by atoms with Crippen LogP contribution in [0.15, 0.2) is 47.9 Å². The van der Waals surface area contributed by atoms with Gasteiger partial charge in [-0.05, 0) is 20.8 Å². The van der Waals surface area contributed by atoms with Gasteiger partial charge in [-0.3, -0.25) is 4.99 Å². The smallest absolute Gasteiger partial charge is 0.167 e. The van der Waals surface area contributed by atoms with Crippen molar-refractivity contribution < 1.29 is 0 Å². The van der Waals surface area contributed by atoms with E-state index in [2.05, 4.69) is 35.2 Å². The molecule has 0 radical (unpaired) electrons. The Morgan fingerprint density at radius 3 is 2.07 bits per heavy atom. The predicted octanol–water partition coefficient (Wildman–Crippen LogP) is 2.97. The van der Waals surface area contributed by atoms with Crippen molar-refractivity contribution in [1.82, 2.24) is 30.2 Å². The number of nitrogens with one attached hydrogen (secondary N) is 1. The Balaban J connectivity index is 1.84. The van der Waals surface area contributed by atoms with Gasteiger partial charge in [0.25, 0.3) is 0 Å². The van der Waals surface area contributed by atoms with Crippen LogP contribution in [0.4, 0.5) is 0 Å². The molecule has 4 rings (SSSR count). The summed E-state index contributed by atoms with van der Waals surface area (Å²) in [6.45, 7) is 5.87. The zero-order valence-electron chi connectivity index (χ0n) is 15.4. The summed E-state index contributed by atoms with van der Waals surface area (Å²) < 4.78 is 0. The lowest BCUT2D eigenvalue weighted by atomic mass is 10.1. The summed E-state index contributed by atoms with van der Waals surface area (Å²) in [5, 5.41) is 3.18. The molecule has 0 amide bonds. The molecule has 0 aliphatic carbocycles. The third kappa shape index (κ3) is 3.72. The minimum atomic E-state index is 0.0390. The fraction of sp³-hybridized carbons (Fsp3) is 0.200. The lowest BCUT2D eigenvalue weighted by molar-refractivity contribution is 0.671. The molecule has 3 aromatic rings. The Hall–Kier alpha value is -3.48. The highest BCUT2D eigenvalue weighted by Gasteiger charge is 2.15. The minimum absolute atomic E-state index is 0.0390. The first-order chi connectivity index (χ1) is 13.1. The Morgan fingerprint density at radius 2 is 1.44 bits per heavy atom. The highest BCUT2D eigenvalue weighted by Crippen LogP contribution is 2.22. The summed E-state index contributed by atoms with van der Waals surface area (Å²) in [6.07, 6.45) is 7.15. The second-order valence-corrected chi connectivity index (χ2v) is 6.41. The molecule has 0 bridgehead atoms. The van der Waals surface area contributed by atoms with Gasteiger partial charge in [0, 0.05) is 30.4 Å². The van der Waals surface area contributed by atoms with Crippen LogP contribution in [0.2, 0.25) is 0 Å². The molecule has 0 fully saturated rings. The molecule has 1 aliphatic heterocycles. The third-order valence-electron chi connectivity index (χ3n) is 4.16. The first kappa shape index (κ1) is 17.0. The monoisotopic (exact) mass is 357 g/mol. The van der Waals surface area contributed by atoms with Crippen LogP contribution in [0.25, 0.3) is 28.3 Å². The Labute approximate surface area is 157 Å². The molecule has 27 heavy (non-hydrogen) atoms. The number of aryl methyl sites for hydroxylation is 2. The SMILES string of the molecule is Cc1ccc(-c2nc(C3=CNC(C)N=C3)nc(-c3cnc(C)nc3)n2)cc1. The Bertz CT molecular complexity index is 957. The van der Waals surface area contributed by atoms with Gasteiger partial charge in [-0.25, -0.2) is 24.9 Å². The van der Waals surface area contributed by atoms with E-state index >= 15 is 0 Å². The van der Waals surface area contributed by atoms with Gasteiger partial charge in [-0.1, -0.05) is 29.8 Å². The van der Waals surface area contributed by atoms with Gasteiger partial charge in [0.1, 0.15) is 12.0 Å². The number of aromatic nitrogens is 5. The molecule has 1 N–H and O–H groups in total. The fourth-order valence-corrected chi connectivity index (χ4v) is 2.58. The van der Waals surface area contributed by atoms with E-state index in [9.17, 15) is 0 Å². The highest BCUT2D eigenvalue weighted by molar-refractivity contribution is 6.08. The maximum Gasteiger partial charge on any atom is 0.167 e. The number of allylic oxidation sites excluding steroid dienone is 1. The van der Waals surface area contributed by atoms with Gasteiger partial charge < -0.3 is 5.32 Å². The molecular weight excluding hydrogens is 338 g/mol. The van der Waals surface area contributed by atoms with Crippen LogP contribution >= 0.6 is 0 Å². The van der Waals surface area contributed by atoms with E-state index in [1.165, 1.54) is 5.56 Å². The molecule has 0 spiro atoms.